The predicted octanol–water partition coefficient (Wildman–Crippen LogP) is 3.00. The van der Waals surface area contributed by atoms with Gasteiger partial charge in [0, 0.05) is 16.4 Å². The van der Waals surface area contributed by atoms with Crippen molar-refractivity contribution in [2.45, 2.75) is 10.8 Å². The molecule has 0 unspecified atom stereocenters. The van der Waals surface area contributed by atoms with Gasteiger partial charge in [0.05, 0.1) is 7.11 Å². The highest BCUT2D eigenvalue weighted by Crippen LogP contribution is 2.24. The standard InChI is InChI=1S/C12H12BrNO3S2/c1-17-11-4-2-9(3-5-11)7-14-19(15,16)12-6-10(13)8-18-12/h2-6,8,14H,7H2,1H3. The molecule has 4 nitrogen and oxygen atoms in total. The lowest BCUT2D eigenvalue weighted by Crippen LogP contribution is -2.22. The Labute approximate surface area is 124 Å². The number of sulfonamides is 1. The summed E-state index contributed by atoms with van der Waals surface area (Å²) >= 11 is 4.42. The number of hydrogen-bond donors (Lipinski definition) is 1. The number of ether oxygens (including phenoxy) is 1. The second-order valence-corrected chi connectivity index (χ2v) is 7.58. The maximum Gasteiger partial charge on any atom is 0.250 e. The van der Waals surface area contributed by atoms with Gasteiger partial charge < -0.3 is 4.74 Å². The van der Waals surface area contributed by atoms with Crippen molar-refractivity contribution < 1.29 is 13.2 Å². The number of rotatable bonds is 5. The molecule has 1 heterocycles. The molecule has 1 aromatic heterocycles. The third kappa shape index (κ3) is 3.79. The Hall–Kier alpha value is -0.890. The van der Waals surface area contributed by atoms with E-state index in [1.54, 1.807) is 30.7 Å². The van der Waals surface area contributed by atoms with Crippen molar-refractivity contribution in [3.63, 3.8) is 0 Å². The van der Waals surface area contributed by atoms with E-state index in [1.807, 2.05) is 12.1 Å². The van der Waals surface area contributed by atoms with Gasteiger partial charge in [-0.2, -0.15) is 0 Å². The minimum Gasteiger partial charge on any atom is -0.497 e. The van der Waals surface area contributed by atoms with Crippen molar-refractivity contribution in [3.05, 3.63) is 45.7 Å². The number of methoxy groups -OCH3 is 1. The quantitative estimate of drug-likeness (QED) is 0.890. The zero-order valence-electron chi connectivity index (χ0n) is 10.1. The number of nitrogens with one attached hydrogen (secondary N) is 1. The van der Waals surface area contributed by atoms with Gasteiger partial charge in [-0.15, -0.1) is 11.3 Å². The third-order valence-electron chi connectivity index (χ3n) is 2.43. The van der Waals surface area contributed by atoms with Crippen molar-refractivity contribution in [1.29, 1.82) is 0 Å². The summed E-state index contributed by atoms with van der Waals surface area (Å²) in [5.41, 5.74) is 0.875. The highest BCUT2D eigenvalue weighted by atomic mass is 79.9. The highest BCUT2D eigenvalue weighted by Gasteiger charge is 2.15. The molecule has 0 saturated carbocycles. The third-order valence-corrected chi connectivity index (χ3v) is 6.04. The summed E-state index contributed by atoms with van der Waals surface area (Å²) in [5.74, 6) is 0.744. The molecular weight excluding hydrogens is 350 g/mol. The second kappa shape index (κ2) is 6.04. The van der Waals surface area contributed by atoms with Crippen LogP contribution in [0.4, 0.5) is 0 Å². The van der Waals surface area contributed by atoms with Crippen LogP contribution < -0.4 is 9.46 Å². The first-order chi connectivity index (χ1) is 9.01. The zero-order chi connectivity index (χ0) is 13.9. The fourth-order valence-electron chi connectivity index (χ4n) is 1.43. The second-order valence-electron chi connectivity index (χ2n) is 3.76. The van der Waals surface area contributed by atoms with Crippen LogP contribution in [0.25, 0.3) is 0 Å². The van der Waals surface area contributed by atoms with Gasteiger partial charge in [0.1, 0.15) is 9.96 Å². The first kappa shape index (κ1) is 14.5. The molecular formula is C12H12BrNO3S2. The summed E-state index contributed by atoms with van der Waals surface area (Å²) in [5, 5.41) is 1.74. The average Bonchev–Trinajstić information content (AvgIpc) is 2.85. The molecule has 102 valence electrons. The molecule has 1 aromatic carbocycles. The normalized spacial score (nSPS) is 11.5. The molecule has 0 bridgehead atoms. The Morgan fingerprint density at radius 3 is 2.53 bits per heavy atom. The summed E-state index contributed by atoms with van der Waals surface area (Å²) in [6.07, 6.45) is 0. The molecule has 7 heteroatoms. The van der Waals surface area contributed by atoms with Crippen molar-refractivity contribution in [1.82, 2.24) is 4.72 Å². The number of halogens is 1. The van der Waals surface area contributed by atoms with Gasteiger partial charge in [-0.05, 0) is 39.7 Å². The lowest BCUT2D eigenvalue weighted by molar-refractivity contribution is 0.414. The van der Waals surface area contributed by atoms with E-state index in [1.165, 1.54) is 11.3 Å². The van der Waals surface area contributed by atoms with Crippen LogP contribution in [0, 0.1) is 0 Å². The topological polar surface area (TPSA) is 55.4 Å². The Morgan fingerprint density at radius 1 is 1.32 bits per heavy atom. The van der Waals surface area contributed by atoms with Crippen LogP contribution in [0.5, 0.6) is 5.75 Å². The van der Waals surface area contributed by atoms with Gasteiger partial charge in [0.2, 0.25) is 10.0 Å². The van der Waals surface area contributed by atoms with Crippen molar-refractivity contribution in [3.8, 4) is 5.75 Å². The fourth-order valence-corrected chi connectivity index (χ4v) is 4.34. The van der Waals surface area contributed by atoms with E-state index in [4.69, 9.17) is 4.74 Å². The fraction of sp³-hybridized carbons (Fsp3) is 0.167. The van der Waals surface area contributed by atoms with E-state index in [9.17, 15) is 8.42 Å². The smallest absolute Gasteiger partial charge is 0.250 e. The van der Waals surface area contributed by atoms with Gasteiger partial charge in [-0.3, -0.25) is 0 Å². The lowest BCUT2D eigenvalue weighted by atomic mass is 10.2. The van der Waals surface area contributed by atoms with E-state index in [2.05, 4.69) is 20.7 Å². The molecule has 19 heavy (non-hydrogen) atoms. The van der Waals surface area contributed by atoms with Gasteiger partial charge in [-0.1, -0.05) is 12.1 Å². The summed E-state index contributed by atoms with van der Waals surface area (Å²) in [6, 6.07) is 8.83. The Morgan fingerprint density at radius 2 is 2.00 bits per heavy atom. The van der Waals surface area contributed by atoms with Gasteiger partial charge in [-0.25, -0.2) is 13.1 Å². The van der Waals surface area contributed by atoms with Crippen LogP contribution in [0.15, 0.2) is 44.4 Å². The average molecular weight is 362 g/mol. The van der Waals surface area contributed by atoms with E-state index in [-0.39, 0.29) is 6.54 Å². The van der Waals surface area contributed by atoms with Gasteiger partial charge in [0.25, 0.3) is 0 Å². The van der Waals surface area contributed by atoms with Crippen molar-refractivity contribution in [2.24, 2.45) is 0 Å². The Kier molecular flexibility index (Phi) is 4.62. The number of benzene rings is 1. The maximum absolute atomic E-state index is 12.0. The largest absolute Gasteiger partial charge is 0.497 e. The van der Waals surface area contributed by atoms with Crippen LogP contribution in [-0.4, -0.2) is 15.5 Å². The van der Waals surface area contributed by atoms with Crippen molar-refractivity contribution >= 4 is 37.3 Å². The molecule has 0 fully saturated rings. The van der Waals surface area contributed by atoms with Crippen molar-refractivity contribution in [2.75, 3.05) is 7.11 Å². The Bertz CT molecular complexity index is 650. The molecule has 0 amide bonds. The molecule has 1 N–H and O–H groups in total. The van der Waals surface area contributed by atoms with Crippen LogP contribution in [-0.2, 0) is 16.6 Å². The van der Waals surface area contributed by atoms with E-state index in [0.717, 1.165) is 15.8 Å². The molecule has 0 saturated heterocycles. The molecule has 0 radical (unpaired) electrons. The minimum absolute atomic E-state index is 0.252. The maximum atomic E-state index is 12.0. The monoisotopic (exact) mass is 361 g/mol. The lowest BCUT2D eigenvalue weighted by Gasteiger charge is -2.05. The summed E-state index contributed by atoms with van der Waals surface area (Å²) < 4.78 is 32.7. The molecule has 0 aliphatic rings. The first-order valence-electron chi connectivity index (χ1n) is 5.38. The minimum atomic E-state index is -3.45. The molecule has 0 atom stereocenters. The van der Waals surface area contributed by atoms with Crippen LogP contribution in [0.1, 0.15) is 5.56 Å². The van der Waals surface area contributed by atoms with Gasteiger partial charge >= 0.3 is 0 Å². The number of thiophene rings is 1. The van der Waals surface area contributed by atoms with Crippen LogP contribution in [0.3, 0.4) is 0 Å². The summed E-state index contributed by atoms with van der Waals surface area (Å²) in [7, 11) is -1.86. The summed E-state index contributed by atoms with van der Waals surface area (Å²) in [6.45, 7) is 0.252. The molecule has 0 aliphatic heterocycles. The highest BCUT2D eigenvalue weighted by molar-refractivity contribution is 9.10. The first-order valence-corrected chi connectivity index (χ1v) is 8.53. The van der Waals surface area contributed by atoms with E-state index >= 15 is 0 Å². The zero-order valence-corrected chi connectivity index (χ0v) is 13.3. The van der Waals surface area contributed by atoms with E-state index in [0.29, 0.717) is 4.21 Å². The van der Waals surface area contributed by atoms with Crippen LogP contribution in [0.2, 0.25) is 0 Å². The Balaban J connectivity index is 2.05. The molecule has 2 aromatic rings. The summed E-state index contributed by atoms with van der Waals surface area (Å²) in [4.78, 5) is 0. The SMILES string of the molecule is COc1ccc(CNS(=O)(=O)c2cc(Br)cs2)cc1. The van der Waals surface area contributed by atoms with E-state index < -0.39 is 10.0 Å². The van der Waals surface area contributed by atoms with Gasteiger partial charge in [0.15, 0.2) is 0 Å². The molecule has 2 rings (SSSR count). The molecule has 0 aliphatic carbocycles. The molecule has 0 spiro atoms. The predicted molar refractivity (Wildman–Crippen MR) is 79.0 cm³/mol. The number of hydrogen-bond acceptors (Lipinski definition) is 4. The van der Waals surface area contributed by atoms with Crippen LogP contribution >= 0.6 is 27.3 Å².